The predicted molar refractivity (Wildman–Crippen MR) is 87.2 cm³/mol. The number of aryl methyl sites for hydroxylation is 2. The summed E-state index contributed by atoms with van der Waals surface area (Å²) in [4.78, 5) is 32.6. The maximum absolute atomic E-state index is 12.7. The van der Waals surface area contributed by atoms with E-state index in [9.17, 15) is 14.7 Å². The number of likely N-dealkylation sites (N-methyl/N-ethyl adjacent to an activating group) is 3. The van der Waals surface area contributed by atoms with E-state index >= 15 is 0 Å². The molecule has 7 heteroatoms. The third kappa shape index (κ3) is 1.87. The van der Waals surface area contributed by atoms with Crippen LogP contribution in [-0.4, -0.2) is 54.1 Å². The van der Waals surface area contributed by atoms with Gasteiger partial charge >= 0.3 is 17.7 Å². The first-order valence-corrected chi connectivity index (χ1v) is 7.49. The van der Waals surface area contributed by atoms with E-state index in [4.69, 9.17) is 0 Å². The Morgan fingerprint density at radius 1 is 1.17 bits per heavy atom. The van der Waals surface area contributed by atoms with Gasteiger partial charge in [0.2, 0.25) is 11.5 Å². The third-order valence-electron chi connectivity index (χ3n) is 4.67. The quantitative estimate of drug-likeness (QED) is 0.790. The van der Waals surface area contributed by atoms with Crippen LogP contribution >= 0.6 is 0 Å². The lowest BCUT2D eigenvalue weighted by molar-refractivity contribution is -0.146. The molecule has 0 aliphatic carbocycles. The van der Waals surface area contributed by atoms with E-state index in [1.807, 2.05) is 32.9 Å². The molecule has 121 valence electrons. The minimum absolute atomic E-state index is 0.0446. The van der Waals surface area contributed by atoms with Gasteiger partial charge in [-0.3, -0.25) is 9.69 Å². The molecule has 1 aromatic rings. The molecule has 0 fully saturated rings. The van der Waals surface area contributed by atoms with Gasteiger partial charge in [0.15, 0.2) is 0 Å². The number of hydrogen-bond acceptors (Lipinski definition) is 5. The topological polar surface area (TPSA) is 79.1 Å². The number of amides is 3. The summed E-state index contributed by atoms with van der Waals surface area (Å²) < 4.78 is 0. The van der Waals surface area contributed by atoms with Gasteiger partial charge in [-0.15, -0.1) is 0 Å². The summed E-state index contributed by atoms with van der Waals surface area (Å²) >= 11 is 0. The number of imide groups is 1. The van der Waals surface area contributed by atoms with E-state index in [0.717, 1.165) is 27.4 Å². The molecular weight excluding hydrogens is 296 g/mol. The summed E-state index contributed by atoms with van der Waals surface area (Å²) in [6, 6.07) is 3.25. The van der Waals surface area contributed by atoms with Crippen molar-refractivity contribution in [3.8, 4) is 0 Å². The summed E-state index contributed by atoms with van der Waals surface area (Å²) in [6.45, 7) is 6.22. The number of fused-ring (bicyclic) bond motifs is 2. The Hall–Kier alpha value is -2.25. The highest BCUT2D eigenvalue weighted by atomic mass is 16.3. The first kappa shape index (κ1) is 15.6. The Morgan fingerprint density at radius 2 is 1.78 bits per heavy atom. The Bertz CT molecular complexity index is 758. The van der Waals surface area contributed by atoms with Gasteiger partial charge in [0.25, 0.3) is 0 Å². The van der Waals surface area contributed by atoms with Crippen LogP contribution in [0.4, 0.5) is 16.2 Å². The van der Waals surface area contributed by atoms with Gasteiger partial charge in [-0.2, -0.15) is 4.99 Å². The van der Waals surface area contributed by atoms with Gasteiger partial charge in [-0.05, 0) is 38.0 Å². The van der Waals surface area contributed by atoms with E-state index in [2.05, 4.69) is 4.99 Å². The van der Waals surface area contributed by atoms with Crippen molar-refractivity contribution in [2.24, 2.45) is 4.99 Å². The summed E-state index contributed by atoms with van der Waals surface area (Å²) in [5, 5.41) is 11.2. The number of aliphatic hydroxyl groups is 1. The lowest BCUT2D eigenvalue weighted by Gasteiger charge is -2.41. The second-order valence-corrected chi connectivity index (χ2v) is 5.98. The smallest absolute Gasteiger partial charge is 0.325 e. The lowest BCUT2D eigenvalue weighted by atomic mass is 9.97. The summed E-state index contributed by atoms with van der Waals surface area (Å²) in [5.41, 5.74) is 1.73. The Balaban J connectivity index is 2.33. The second kappa shape index (κ2) is 4.87. The van der Waals surface area contributed by atoms with E-state index in [-0.39, 0.29) is 5.84 Å². The number of benzene rings is 1. The van der Waals surface area contributed by atoms with E-state index in [1.165, 1.54) is 7.05 Å². The fourth-order valence-corrected chi connectivity index (χ4v) is 3.16. The molecule has 1 aromatic carbocycles. The first-order chi connectivity index (χ1) is 10.7. The second-order valence-electron chi connectivity index (χ2n) is 5.98. The van der Waals surface area contributed by atoms with E-state index in [0.29, 0.717) is 6.54 Å². The molecule has 23 heavy (non-hydrogen) atoms. The normalized spacial score (nSPS) is 24.5. The molecule has 1 unspecified atom stereocenters. The van der Waals surface area contributed by atoms with Crippen LogP contribution < -0.4 is 9.80 Å². The molecule has 1 radical (unpaired) electrons. The van der Waals surface area contributed by atoms with Crippen LogP contribution in [0.2, 0.25) is 0 Å². The molecule has 1 N–H and O–H groups in total. The largest absolute Gasteiger partial charge is 0.391 e. The predicted octanol–water partition coefficient (Wildman–Crippen LogP) is 1.22. The van der Waals surface area contributed by atoms with Crippen molar-refractivity contribution in [2.75, 3.05) is 25.5 Å². The Morgan fingerprint density at radius 3 is 2.39 bits per heavy atom. The third-order valence-corrected chi connectivity index (χ3v) is 4.67. The molecule has 3 rings (SSSR count). The maximum Gasteiger partial charge on any atom is 0.391 e. The molecule has 1 atom stereocenters. The van der Waals surface area contributed by atoms with E-state index in [1.54, 1.807) is 16.8 Å². The maximum atomic E-state index is 12.7. The molecule has 7 nitrogen and oxygen atoms in total. The van der Waals surface area contributed by atoms with Crippen LogP contribution in [0.25, 0.3) is 0 Å². The number of carbonyl (C=O) groups excluding carboxylic acids is 2. The number of carbonyl (C=O) groups is 2. The van der Waals surface area contributed by atoms with Crippen molar-refractivity contribution in [3.05, 3.63) is 23.3 Å². The first-order valence-electron chi connectivity index (χ1n) is 7.49. The molecule has 0 spiro atoms. The molecule has 0 bridgehead atoms. The van der Waals surface area contributed by atoms with E-state index < -0.39 is 17.7 Å². The Labute approximate surface area is 134 Å². The van der Waals surface area contributed by atoms with Gasteiger partial charge in [-0.1, -0.05) is 4.90 Å². The molecule has 2 aliphatic rings. The lowest BCUT2D eigenvalue weighted by Crippen LogP contribution is -2.73. The fraction of sp³-hybridized carbons (Fsp3) is 0.438. The molecule has 3 amide bonds. The van der Waals surface area contributed by atoms with Gasteiger partial charge in [-0.25, -0.2) is 4.79 Å². The van der Waals surface area contributed by atoms with Crippen molar-refractivity contribution in [1.82, 2.24) is 9.80 Å². The molecule has 0 saturated carbocycles. The molecule has 2 heterocycles. The average Bonchev–Trinajstić information content (AvgIpc) is 2.51. The standard InChI is InChI=1S/C16H20N4O3/c1-6-20-12-8-10(3)9(2)7-11(12)18(4)13-16(20,23)14(21)19(5)15(22)17-13/h7-8,23H,6H2,1-5H3/q+1. The van der Waals surface area contributed by atoms with Crippen LogP contribution in [0.5, 0.6) is 0 Å². The molecule has 2 aliphatic heterocycles. The number of anilines is 2. The summed E-state index contributed by atoms with van der Waals surface area (Å²) in [6.07, 6.45) is 0. The zero-order valence-corrected chi connectivity index (χ0v) is 13.9. The van der Waals surface area contributed by atoms with Gasteiger partial charge < -0.3 is 10.0 Å². The van der Waals surface area contributed by atoms with Crippen molar-refractivity contribution in [3.63, 3.8) is 0 Å². The average molecular weight is 316 g/mol. The Kier molecular flexibility index (Phi) is 3.31. The summed E-state index contributed by atoms with van der Waals surface area (Å²) in [7, 11) is 3.03. The van der Waals surface area contributed by atoms with Crippen LogP contribution in [-0.2, 0) is 4.79 Å². The number of rotatable bonds is 1. The SMILES string of the molecule is CC[N+]1c2cc(C)c(C)cc2N(C)C2=NC(=O)N(C)C(=O)C21O. The highest BCUT2D eigenvalue weighted by Gasteiger charge is 2.65. The molecule has 0 saturated heterocycles. The number of aliphatic imine (C=N–C) groups is 1. The number of urea groups is 1. The summed E-state index contributed by atoms with van der Waals surface area (Å²) in [5.74, 6) is -0.645. The number of nitrogens with zero attached hydrogens (tertiary/aromatic N) is 4. The van der Waals surface area contributed by atoms with Crippen molar-refractivity contribution < 1.29 is 14.7 Å². The highest BCUT2D eigenvalue weighted by molar-refractivity contribution is 6.27. The van der Waals surface area contributed by atoms with Crippen LogP contribution in [0.3, 0.4) is 0 Å². The minimum Gasteiger partial charge on any atom is -0.325 e. The number of hydrogen-bond donors (Lipinski definition) is 1. The van der Waals surface area contributed by atoms with Crippen molar-refractivity contribution in [1.29, 1.82) is 0 Å². The number of amidine groups is 1. The van der Waals surface area contributed by atoms with Crippen LogP contribution in [0.1, 0.15) is 18.1 Å². The monoisotopic (exact) mass is 316 g/mol. The van der Waals surface area contributed by atoms with Crippen molar-refractivity contribution >= 4 is 29.1 Å². The zero-order chi connectivity index (χ0) is 17.1. The fourth-order valence-electron chi connectivity index (χ4n) is 3.16. The van der Waals surface area contributed by atoms with Crippen LogP contribution in [0, 0.1) is 13.8 Å². The zero-order valence-electron chi connectivity index (χ0n) is 13.9. The van der Waals surface area contributed by atoms with Crippen LogP contribution in [0.15, 0.2) is 17.1 Å². The van der Waals surface area contributed by atoms with Gasteiger partial charge in [0.05, 0.1) is 0 Å². The molecular formula is C16H20N4O3+. The molecule has 0 aromatic heterocycles. The van der Waals surface area contributed by atoms with Gasteiger partial charge in [0.1, 0.15) is 12.2 Å². The van der Waals surface area contributed by atoms with Crippen molar-refractivity contribution in [2.45, 2.75) is 26.5 Å². The minimum atomic E-state index is -1.97. The highest BCUT2D eigenvalue weighted by Crippen LogP contribution is 2.42. The van der Waals surface area contributed by atoms with Gasteiger partial charge in [0, 0.05) is 20.2 Å².